The van der Waals surface area contributed by atoms with Crippen LogP contribution in [0.25, 0.3) is 0 Å². The summed E-state index contributed by atoms with van der Waals surface area (Å²) in [6.45, 7) is 6.17. The summed E-state index contributed by atoms with van der Waals surface area (Å²) in [5.41, 5.74) is 8.09. The Bertz CT molecular complexity index is 350. The van der Waals surface area contributed by atoms with Crippen molar-refractivity contribution in [3.8, 4) is 0 Å². The van der Waals surface area contributed by atoms with Crippen LogP contribution in [0.3, 0.4) is 0 Å². The molecule has 0 unspecified atom stereocenters. The van der Waals surface area contributed by atoms with E-state index in [2.05, 4.69) is 13.8 Å². The summed E-state index contributed by atoms with van der Waals surface area (Å²) in [7, 11) is 0. The molecule has 0 saturated heterocycles. The Hall–Kier alpha value is -0.890. The van der Waals surface area contributed by atoms with Gasteiger partial charge < -0.3 is 5.73 Å². The lowest BCUT2D eigenvalue weighted by molar-refractivity contribution is 0.594. The van der Waals surface area contributed by atoms with E-state index in [0.717, 1.165) is 11.1 Å². The van der Waals surface area contributed by atoms with E-state index in [1.807, 2.05) is 13.0 Å². The molecule has 1 aliphatic rings. The molecule has 0 aromatic heterocycles. The fourth-order valence-corrected chi connectivity index (χ4v) is 2.26. The molecule has 2 rings (SSSR count). The fraction of sp³-hybridized carbons (Fsp3) is 0.500. The molecule has 2 heteroatoms. The van der Waals surface area contributed by atoms with Gasteiger partial charge in [-0.2, -0.15) is 0 Å². The maximum atomic E-state index is 13.2. The average molecular weight is 193 g/mol. The Morgan fingerprint density at radius 1 is 1.29 bits per heavy atom. The third kappa shape index (κ3) is 1.34. The molecule has 14 heavy (non-hydrogen) atoms. The van der Waals surface area contributed by atoms with E-state index in [4.69, 9.17) is 5.73 Å². The third-order valence-electron chi connectivity index (χ3n) is 3.33. The lowest BCUT2D eigenvalue weighted by Gasteiger charge is -2.04. The Labute approximate surface area is 84.1 Å². The van der Waals surface area contributed by atoms with Crippen molar-refractivity contribution in [2.45, 2.75) is 32.7 Å². The molecule has 2 N–H and O–H groups in total. The summed E-state index contributed by atoms with van der Waals surface area (Å²) in [4.78, 5) is 0. The fourth-order valence-electron chi connectivity index (χ4n) is 2.26. The molecule has 1 aromatic rings. The van der Waals surface area contributed by atoms with Crippen molar-refractivity contribution in [2.24, 2.45) is 11.1 Å². The highest BCUT2D eigenvalue weighted by molar-refractivity contribution is 5.36. The van der Waals surface area contributed by atoms with Crippen LogP contribution in [-0.2, 0) is 0 Å². The van der Waals surface area contributed by atoms with Gasteiger partial charge in [-0.1, -0.05) is 19.9 Å². The molecule has 0 spiro atoms. The summed E-state index contributed by atoms with van der Waals surface area (Å²) in [5.74, 6) is 0.159. The second-order valence-electron chi connectivity index (χ2n) is 4.89. The van der Waals surface area contributed by atoms with E-state index in [1.165, 1.54) is 0 Å². The van der Waals surface area contributed by atoms with Gasteiger partial charge in [-0.25, -0.2) is 4.39 Å². The van der Waals surface area contributed by atoms with Gasteiger partial charge in [0.15, 0.2) is 0 Å². The third-order valence-corrected chi connectivity index (χ3v) is 3.33. The molecule has 0 radical (unpaired) electrons. The minimum atomic E-state index is -0.157. The van der Waals surface area contributed by atoms with E-state index in [0.29, 0.717) is 5.92 Å². The van der Waals surface area contributed by atoms with E-state index >= 15 is 0 Å². The number of aryl methyl sites for hydroxylation is 1. The van der Waals surface area contributed by atoms with E-state index < -0.39 is 0 Å². The molecule has 1 aliphatic carbocycles. The highest BCUT2D eigenvalue weighted by Gasteiger charge is 2.56. The molecule has 1 aromatic carbocycles. The van der Waals surface area contributed by atoms with Crippen molar-refractivity contribution in [3.05, 3.63) is 35.1 Å². The first-order chi connectivity index (χ1) is 6.43. The van der Waals surface area contributed by atoms with Crippen molar-refractivity contribution >= 4 is 0 Å². The molecule has 0 bridgehead atoms. The van der Waals surface area contributed by atoms with E-state index in [9.17, 15) is 4.39 Å². The van der Waals surface area contributed by atoms with Crippen LogP contribution in [0, 0.1) is 18.2 Å². The highest BCUT2D eigenvalue weighted by Crippen LogP contribution is 2.57. The minimum Gasteiger partial charge on any atom is -0.327 e. The van der Waals surface area contributed by atoms with Gasteiger partial charge in [0.2, 0.25) is 0 Å². The van der Waals surface area contributed by atoms with Crippen molar-refractivity contribution < 1.29 is 4.39 Å². The van der Waals surface area contributed by atoms with Crippen molar-refractivity contribution in [1.29, 1.82) is 0 Å². The number of hydrogen-bond donors (Lipinski definition) is 1. The molecule has 76 valence electrons. The van der Waals surface area contributed by atoms with Crippen molar-refractivity contribution in [3.63, 3.8) is 0 Å². The number of halogens is 1. The lowest BCUT2D eigenvalue weighted by Crippen LogP contribution is -2.06. The molecule has 0 heterocycles. The van der Waals surface area contributed by atoms with Gasteiger partial charge in [-0.15, -0.1) is 0 Å². The van der Waals surface area contributed by atoms with Crippen LogP contribution in [0.2, 0.25) is 0 Å². The Kier molecular flexibility index (Phi) is 1.93. The van der Waals surface area contributed by atoms with Crippen LogP contribution in [0.4, 0.5) is 4.39 Å². The predicted molar refractivity (Wildman–Crippen MR) is 55.6 cm³/mol. The topological polar surface area (TPSA) is 26.0 Å². The van der Waals surface area contributed by atoms with Crippen molar-refractivity contribution in [1.82, 2.24) is 0 Å². The van der Waals surface area contributed by atoms with Crippen LogP contribution in [0.1, 0.15) is 30.9 Å². The number of benzene rings is 1. The lowest BCUT2D eigenvalue weighted by atomic mass is 10.0. The Morgan fingerprint density at radius 2 is 1.86 bits per heavy atom. The Balaban J connectivity index is 2.35. The maximum Gasteiger partial charge on any atom is 0.123 e. The summed E-state index contributed by atoms with van der Waals surface area (Å²) in [6, 6.07) is 5.35. The average Bonchev–Trinajstić information content (AvgIpc) is 2.48. The second-order valence-corrected chi connectivity index (χ2v) is 4.89. The zero-order valence-corrected chi connectivity index (χ0v) is 8.84. The summed E-state index contributed by atoms with van der Waals surface area (Å²) in [5, 5.41) is 0. The summed E-state index contributed by atoms with van der Waals surface area (Å²) in [6.07, 6.45) is 0. The van der Waals surface area contributed by atoms with E-state index in [-0.39, 0.29) is 17.3 Å². The highest BCUT2D eigenvalue weighted by atomic mass is 19.1. The maximum absolute atomic E-state index is 13.2. The minimum absolute atomic E-state index is 0.125. The van der Waals surface area contributed by atoms with Crippen LogP contribution in [0.15, 0.2) is 18.2 Å². The molecule has 0 aliphatic heterocycles. The van der Waals surface area contributed by atoms with Crippen molar-refractivity contribution in [2.75, 3.05) is 0 Å². The summed E-state index contributed by atoms with van der Waals surface area (Å²) >= 11 is 0. The zero-order valence-electron chi connectivity index (χ0n) is 8.84. The molecular formula is C12H16FN. The number of hydrogen-bond acceptors (Lipinski definition) is 1. The standard InChI is InChI=1S/C12H16FN/c1-7-4-8(6-9(13)5-7)10-11(14)12(10,2)3/h4-6,10-11H,14H2,1-3H3/t10-,11-/m0/s1. The number of nitrogens with two attached hydrogens (primary N) is 1. The second kappa shape index (κ2) is 2.80. The quantitative estimate of drug-likeness (QED) is 0.729. The van der Waals surface area contributed by atoms with Gasteiger partial charge in [0.25, 0.3) is 0 Å². The van der Waals surface area contributed by atoms with Gasteiger partial charge in [-0.05, 0) is 35.6 Å². The molecule has 1 fully saturated rings. The first-order valence-electron chi connectivity index (χ1n) is 4.95. The molecular weight excluding hydrogens is 177 g/mol. The van der Waals surface area contributed by atoms with Gasteiger partial charge >= 0.3 is 0 Å². The van der Waals surface area contributed by atoms with Crippen LogP contribution in [-0.4, -0.2) is 6.04 Å². The summed E-state index contributed by atoms with van der Waals surface area (Å²) < 4.78 is 13.2. The molecule has 2 atom stereocenters. The van der Waals surface area contributed by atoms with Crippen LogP contribution in [0.5, 0.6) is 0 Å². The van der Waals surface area contributed by atoms with Crippen LogP contribution >= 0.6 is 0 Å². The smallest absolute Gasteiger partial charge is 0.123 e. The first-order valence-corrected chi connectivity index (χ1v) is 4.95. The number of rotatable bonds is 1. The predicted octanol–water partition coefficient (Wildman–Crippen LogP) is 2.58. The van der Waals surface area contributed by atoms with Crippen LogP contribution < -0.4 is 5.73 Å². The molecule has 1 saturated carbocycles. The van der Waals surface area contributed by atoms with Gasteiger partial charge in [-0.3, -0.25) is 0 Å². The first kappa shape index (κ1) is 9.66. The monoisotopic (exact) mass is 193 g/mol. The molecule has 1 nitrogen and oxygen atoms in total. The largest absolute Gasteiger partial charge is 0.327 e. The van der Waals surface area contributed by atoms with E-state index in [1.54, 1.807) is 12.1 Å². The normalized spacial score (nSPS) is 28.9. The zero-order chi connectivity index (χ0) is 10.5. The SMILES string of the molecule is Cc1cc(F)cc([C@H]2[C@H](N)C2(C)C)c1. The van der Waals surface area contributed by atoms with Gasteiger partial charge in [0.05, 0.1) is 0 Å². The van der Waals surface area contributed by atoms with Gasteiger partial charge in [0.1, 0.15) is 5.82 Å². The molecule has 0 amide bonds. The van der Waals surface area contributed by atoms with Gasteiger partial charge in [0, 0.05) is 12.0 Å². The Morgan fingerprint density at radius 3 is 2.29 bits per heavy atom.